The van der Waals surface area contributed by atoms with E-state index in [1.54, 1.807) is 0 Å². The Kier molecular flexibility index (Phi) is 5.26. The highest BCUT2D eigenvalue weighted by Gasteiger charge is 2.09. The van der Waals surface area contributed by atoms with Crippen LogP contribution in [0.15, 0.2) is 58.4 Å². The summed E-state index contributed by atoms with van der Waals surface area (Å²) in [4.78, 5) is 4.62. The van der Waals surface area contributed by atoms with Crippen molar-refractivity contribution in [1.82, 2.24) is 4.98 Å². The lowest BCUT2D eigenvalue weighted by molar-refractivity contribution is 1.37. The molecule has 0 aliphatic carbocycles. The standard InChI is InChI=1S/C18H10BrIN2S/c19-15-7-5-12(6-8-15)17-11-23-18(22-17)14(10-21)9-13-3-1-2-4-16(13)20/h1-9,11H. The quantitative estimate of drug-likeness (QED) is 0.320. The third-order valence-electron chi connectivity index (χ3n) is 3.20. The van der Waals surface area contributed by atoms with E-state index in [0.29, 0.717) is 5.57 Å². The maximum atomic E-state index is 9.49. The Balaban J connectivity index is 1.96. The van der Waals surface area contributed by atoms with Crippen LogP contribution in [0.2, 0.25) is 0 Å². The Bertz CT molecular complexity index is 907. The molecular formula is C18H10BrIN2S. The van der Waals surface area contributed by atoms with Crippen molar-refractivity contribution in [3.63, 3.8) is 0 Å². The molecule has 0 amide bonds. The predicted octanol–water partition coefficient (Wildman–Crippen LogP) is 6.24. The fraction of sp³-hybridized carbons (Fsp3) is 0. The molecule has 1 aromatic heterocycles. The zero-order chi connectivity index (χ0) is 16.2. The van der Waals surface area contributed by atoms with Gasteiger partial charge in [-0.3, -0.25) is 0 Å². The number of nitriles is 1. The minimum atomic E-state index is 0.586. The topological polar surface area (TPSA) is 36.7 Å². The third-order valence-corrected chi connectivity index (χ3v) is 5.59. The number of allylic oxidation sites excluding steroid dienone is 1. The van der Waals surface area contributed by atoms with Crippen LogP contribution in [0.25, 0.3) is 22.9 Å². The van der Waals surface area contributed by atoms with Gasteiger partial charge < -0.3 is 0 Å². The fourth-order valence-corrected chi connectivity index (χ4v) is 3.64. The first-order valence-corrected chi connectivity index (χ1v) is 9.50. The van der Waals surface area contributed by atoms with Gasteiger partial charge in [-0.1, -0.05) is 46.3 Å². The number of hydrogen-bond acceptors (Lipinski definition) is 3. The van der Waals surface area contributed by atoms with E-state index in [1.165, 1.54) is 11.3 Å². The number of hydrogen-bond donors (Lipinski definition) is 0. The minimum Gasteiger partial charge on any atom is -0.235 e. The lowest BCUT2D eigenvalue weighted by atomic mass is 10.1. The van der Waals surface area contributed by atoms with E-state index in [1.807, 2.05) is 60.0 Å². The molecule has 0 fully saturated rings. The number of benzene rings is 2. The average molecular weight is 493 g/mol. The lowest BCUT2D eigenvalue weighted by Crippen LogP contribution is -1.84. The number of halogens is 2. The molecule has 0 aliphatic heterocycles. The van der Waals surface area contributed by atoms with Crippen molar-refractivity contribution in [3.8, 4) is 17.3 Å². The van der Waals surface area contributed by atoms with E-state index in [4.69, 9.17) is 0 Å². The Morgan fingerprint density at radius 3 is 2.61 bits per heavy atom. The summed E-state index contributed by atoms with van der Waals surface area (Å²) in [6.45, 7) is 0. The number of aromatic nitrogens is 1. The molecule has 0 atom stereocenters. The Labute approximate surface area is 160 Å². The molecular weight excluding hydrogens is 483 g/mol. The highest BCUT2D eigenvalue weighted by Crippen LogP contribution is 2.28. The second kappa shape index (κ2) is 7.39. The summed E-state index contributed by atoms with van der Waals surface area (Å²) in [6, 6.07) is 18.3. The molecule has 0 bridgehead atoms. The maximum Gasteiger partial charge on any atom is 0.134 e. The normalized spacial score (nSPS) is 11.3. The van der Waals surface area contributed by atoms with Gasteiger partial charge in [-0.25, -0.2) is 4.98 Å². The van der Waals surface area contributed by atoms with Gasteiger partial charge >= 0.3 is 0 Å². The van der Waals surface area contributed by atoms with E-state index in [0.717, 1.165) is 29.9 Å². The first-order chi connectivity index (χ1) is 11.2. The fourth-order valence-electron chi connectivity index (χ4n) is 2.04. The van der Waals surface area contributed by atoms with Gasteiger partial charge in [0.2, 0.25) is 0 Å². The van der Waals surface area contributed by atoms with Gasteiger partial charge in [0.15, 0.2) is 0 Å². The second-order valence-electron chi connectivity index (χ2n) is 4.74. The number of nitrogens with zero attached hydrogens (tertiary/aromatic N) is 2. The van der Waals surface area contributed by atoms with Gasteiger partial charge in [-0.2, -0.15) is 5.26 Å². The van der Waals surface area contributed by atoms with Crippen molar-refractivity contribution in [1.29, 1.82) is 5.26 Å². The predicted molar refractivity (Wildman–Crippen MR) is 108 cm³/mol. The maximum absolute atomic E-state index is 9.49. The van der Waals surface area contributed by atoms with Gasteiger partial charge in [0.1, 0.15) is 11.1 Å². The summed E-state index contributed by atoms with van der Waals surface area (Å²) in [5.41, 5.74) is 3.55. The molecule has 0 saturated heterocycles. The first-order valence-electron chi connectivity index (χ1n) is 6.75. The molecule has 2 nitrogen and oxygen atoms in total. The van der Waals surface area contributed by atoms with Crippen LogP contribution in [-0.2, 0) is 0 Å². The van der Waals surface area contributed by atoms with E-state index in [-0.39, 0.29) is 0 Å². The molecule has 3 rings (SSSR count). The van der Waals surface area contributed by atoms with Crippen LogP contribution in [0.4, 0.5) is 0 Å². The van der Waals surface area contributed by atoms with Crippen LogP contribution >= 0.6 is 49.9 Å². The van der Waals surface area contributed by atoms with Crippen LogP contribution in [0.1, 0.15) is 10.6 Å². The molecule has 23 heavy (non-hydrogen) atoms. The molecule has 0 unspecified atom stereocenters. The Morgan fingerprint density at radius 1 is 1.17 bits per heavy atom. The van der Waals surface area contributed by atoms with Crippen LogP contribution in [0.5, 0.6) is 0 Å². The van der Waals surface area contributed by atoms with Crippen LogP contribution < -0.4 is 0 Å². The van der Waals surface area contributed by atoms with Crippen molar-refractivity contribution in [2.24, 2.45) is 0 Å². The molecule has 112 valence electrons. The first kappa shape index (κ1) is 16.4. The van der Waals surface area contributed by atoms with Gasteiger partial charge in [-0.05, 0) is 52.4 Å². The van der Waals surface area contributed by atoms with Gasteiger partial charge in [0, 0.05) is 19.0 Å². The molecule has 2 aromatic carbocycles. The van der Waals surface area contributed by atoms with Crippen LogP contribution in [0.3, 0.4) is 0 Å². The van der Waals surface area contributed by atoms with Crippen molar-refractivity contribution >= 4 is 61.5 Å². The Morgan fingerprint density at radius 2 is 1.91 bits per heavy atom. The summed E-state index contributed by atoms with van der Waals surface area (Å²) >= 11 is 7.19. The SMILES string of the molecule is N#CC(=Cc1ccccc1I)c1nc(-c2ccc(Br)cc2)cs1. The zero-order valence-corrected chi connectivity index (χ0v) is 16.4. The summed E-state index contributed by atoms with van der Waals surface area (Å²) < 4.78 is 2.15. The largest absolute Gasteiger partial charge is 0.235 e. The van der Waals surface area contributed by atoms with E-state index in [9.17, 15) is 5.26 Å². The van der Waals surface area contributed by atoms with Crippen LogP contribution in [-0.4, -0.2) is 4.98 Å². The molecule has 3 aromatic rings. The summed E-state index contributed by atoms with van der Waals surface area (Å²) in [5, 5.41) is 12.2. The number of rotatable bonds is 3. The summed E-state index contributed by atoms with van der Waals surface area (Å²) in [5.74, 6) is 0. The van der Waals surface area contributed by atoms with E-state index < -0.39 is 0 Å². The Hall–Kier alpha value is -1.49. The molecule has 5 heteroatoms. The molecule has 1 heterocycles. The van der Waals surface area contributed by atoms with Gasteiger partial charge in [-0.15, -0.1) is 11.3 Å². The van der Waals surface area contributed by atoms with E-state index >= 15 is 0 Å². The minimum absolute atomic E-state index is 0.586. The van der Waals surface area contributed by atoms with Crippen molar-refractivity contribution in [2.75, 3.05) is 0 Å². The zero-order valence-electron chi connectivity index (χ0n) is 11.8. The molecule has 0 spiro atoms. The van der Waals surface area contributed by atoms with E-state index in [2.05, 4.69) is 49.6 Å². The number of thiazole rings is 1. The van der Waals surface area contributed by atoms with Gasteiger partial charge in [0.25, 0.3) is 0 Å². The summed E-state index contributed by atoms with van der Waals surface area (Å²) in [6.07, 6.45) is 1.89. The summed E-state index contributed by atoms with van der Waals surface area (Å²) in [7, 11) is 0. The molecule has 0 aliphatic rings. The smallest absolute Gasteiger partial charge is 0.134 e. The molecule has 0 N–H and O–H groups in total. The average Bonchev–Trinajstić information content (AvgIpc) is 3.04. The van der Waals surface area contributed by atoms with Gasteiger partial charge in [0.05, 0.1) is 11.3 Å². The third kappa shape index (κ3) is 3.89. The van der Waals surface area contributed by atoms with Crippen molar-refractivity contribution in [3.05, 3.63) is 72.5 Å². The monoisotopic (exact) mass is 492 g/mol. The van der Waals surface area contributed by atoms with Crippen LogP contribution in [0, 0.1) is 14.9 Å². The highest BCUT2D eigenvalue weighted by atomic mass is 127. The highest BCUT2D eigenvalue weighted by molar-refractivity contribution is 14.1. The lowest BCUT2D eigenvalue weighted by Gasteiger charge is -1.99. The molecule has 0 saturated carbocycles. The van der Waals surface area contributed by atoms with Crippen molar-refractivity contribution < 1.29 is 0 Å². The molecule has 0 radical (unpaired) electrons. The second-order valence-corrected chi connectivity index (χ2v) is 7.67. The van der Waals surface area contributed by atoms with Crippen molar-refractivity contribution in [2.45, 2.75) is 0 Å².